The number of carbonyl (C=O) groups is 5. The molecule has 5 heterocycles. The van der Waals surface area contributed by atoms with Gasteiger partial charge in [0, 0.05) is 38.1 Å². The minimum atomic E-state index is -2.21. The second-order valence-electron chi connectivity index (χ2n) is 20.8. The molecular formula is C47H79N7O29. The van der Waals surface area contributed by atoms with Crippen LogP contribution < -0.4 is 21.3 Å². The van der Waals surface area contributed by atoms with Gasteiger partial charge in [0.25, 0.3) is 0 Å². The second kappa shape index (κ2) is 32.5. The second-order valence-corrected chi connectivity index (χ2v) is 20.8. The number of azide groups is 1. The lowest BCUT2D eigenvalue weighted by Gasteiger charge is -2.50. The number of hydrogen-bond acceptors (Lipinski definition) is 29. The molecular weight excluding hydrogens is 1130 g/mol. The summed E-state index contributed by atoms with van der Waals surface area (Å²) in [6.45, 7) is -4.09. The summed E-state index contributed by atoms with van der Waals surface area (Å²) in [5.74, 6) is -6.41. The molecule has 83 heavy (non-hydrogen) atoms. The highest BCUT2D eigenvalue weighted by Gasteiger charge is 2.56. The molecule has 0 spiro atoms. The summed E-state index contributed by atoms with van der Waals surface area (Å²) in [5, 5.41) is 174. The number of nitrogens with one attached hydrogen (secondary N) is 4. The molecule has 5 saturated heterocycles. The molecule has 0 aromatic carbocycles. The summed E-state index contributed by atoms with van der Waals surface area (Å²) in [6.07, 6.45) is -36.4. The van der Waals surface area contributed by atoms with Crippen LogP contribution in [0.1, 0.15) is 58.8 Å². The lowest BCUT2D eigenvalue weighted by Crippen LogP contribution is -2.69. The fourth-order valence-corrected chi connectivity index (χ4v) is 10.1. The Morgan fingerprint density at radius 3 is 1.81 bits per heavy atom. The lowest BCUT2D eigenvalue weighted by molar-refractivity contribution is -0.379. The van der Waals surface area contributed by atoms with Crippen LogP contribution in [0.15, 0.2) is 5.11 Å². The maximum atomic E-state index is 13.5. The Bertz CT molecular complexity index is 2140. The van der Waals surface area contributed by atoms with Crippen LogP contribution in [0.2, 0.25) is 0 Å². The van der Waals surface area contributed by atoms with Crippen molar-refractivity contribution < 1.29 is 143 Å². The van der Waals surface area contributed by atoms with E-state index in [2.05, 4.69) is 31.3 Å². The van der Waals surface area contributed by atoms with Gasteiger partial charge in [-0.25, -0.2) is 4.79 Å². The van der Waals surface area contributed by atoms with E-state index in [4.69, 9.17) is 48.2 Å². The SMILES string of the molecule is CC(=O)NC1C(O)[C@H](O[C@@H]2OC(CO[C@H]3OC(CO)[C@@H](O)C(O)C3O)[C@@H](O)C(O[C@H]3OC(CO)[C@@H](O)C(O)C3CO)C2O)C(CO)O[C@H]1OCC1(CO)CC(O)C(NC(C)=O)[C@H](NC(=O)CC(NC(=O)CCCCCCN=[N+]=[N-])C(=O)O)O1. The Morgan fingerprint density at radius 2 is 1.20 bits per heavy atom. The van der Waals surface area contributed by atoms with Crippen LogP contribution in [0.5, 0.6) is 0 Å². The van der Waals surface area contributed by atoms with Gasteiger partial charge in [-0.15, -0.1) is 0 Å². The van der Waals surface area contributed by atoms with E-state index in [0.717, 1.165) is 13.8 Å². The molecule has 4 amide bonds. The predicted octanol–water partition coefficient (Wildman–Crippen LogP) is -9.65. The fraction of sp³-hybridized carbons (Fsp3) is 0.894. The Balaban J connectivity index is 1.35. The summed E-state index contributed by atoms with van der Waals surface area (Å²) in [7, 11) is 0. The van der Waals surface area contributed by atoms with Crippen LogP contribution in [0.3, 0.4) is 0 Å². The van der Waals surface area contributed by atoms with Crippen molar-refractivity contribution in [2.45, 2.75) is 205 Å². The number of rotatable bonds is 29. The van der Waals surface area contributed by atoms with Crippen molar-refractivity contribution in [3.05, 3.63) is 10.4 Å². The topological polar surface area (TPSA) is 569 Å². The first-order chi connectivity index (χ1) is 39.4. The number of carboxylic acids is 1. The quantitative estimate of drug-likeness (QED) is 0.0143. The number of ether oxygens (including phenoxy) is 9. The summed E-state index contributed by atoms with van der Waals surface area (Å²) < 4.78 is 52.6. The molecule has 5 aliphatic heterocycles. The molecule has 36 nitrogen and oxygen atoms in total. The number of unbranched alkanes of at least 4 members (excludes halogenated alkanes) is 3. The number of hydrogen-bond donors (Lipinski definition) is 19. The van der Waals surface area contributed by atoms with Gasteiger partial charge in [0.1, 0.15) is 97.0 Å². The van der Waals surface area contributed by atoms with Crippen molar-refractivity contribution >= 4 is 29.6 Å². The molecule has 19 N–H and O–H groups in total. The van der Waals surface area contributed by atoms with Gasteiger partial charge in [-0.3, -0.25) is 19.2 Å². The van der Waals surface area contributed by atoms with E-state index < -0.39 is 241 Å². The summed E-state index contributed by atoms with van der Waals surface area (Å²) in [6, 6.07) is -4.95. The van der Waals surface area contributed by atoms with E-state index in [0.29, 0.717) is 25.7 Å². The van der Waals surface area contributed by atoms with Gasteiger partial charge in [0.2, 0.25) is 23.6 Å². The number of amides is 4. The monoisotopic (exact) mass is 1210 g/mol. The van der Waals surface area contributed by atoms with E-state index in [-0.39, 0.29) is 13.0 Å². The number of carboxylic acid groups (broad SMARTS) is 1. The van der Waals surface area contributed by atoms with Crippen molar-refractivity contribution in [2.75, 3.05) is 52.8 Å². The number of aliphatic hydroxyl groups is 14. The van der Waals surface area contributed by atoms with Crippen molar-refractivity contribution in [1.82, 2.24) is 21.3 Å². The van der Waals surface area contributed by atoms with E-state index in [1.165, 1.54) is 0 Å². The van der Waals surface area contributed by atoms with Crippen LogP contribution >= 0.6 is 0 Å². The molecule has 5 aliphatic rings. The molecule has 0 bridgehead atoms. The van der Waals surface area contributed by atoms with Crippen molar-refractivity contribution in [3.63, 3.8) is 0 Å². The van der Waals surface area contributed by atoms with Gasteiger partial charge >= 0.3 is 5.97 Å². The van der Waals surface area contributed by atoms with E-state index >= 15 is 0 Å². The summed E-state index contributed by atoms with van der Waals surface area (Å²) in [4.78, 5) is 66.0. The van der Waals surface area contributed by atoms with Crippen LogP contribution in [-0.4, -0.2) is 306 Å². The van der Waals surface area contributed by atoms with E-state index in [1.807, 2.05) is 0 Å². The first kappa shape index (κ1) is 69.5. The largest absolute Gasteiger partial charge is 0.480 e. The number of nitrogens with zero attached hydrogens (tertiary/aromatic N) is 3. The summed E-state index contributed by atoms with van der Waals surface area (Å²) >= 11 is 0. The normalized spacial score (nSPS) is 39.6. The average Bonchev–Trinajstić information content (AvgIpc) is 3.62. The van der Waals surface area contributed by atoms with Crippen molar-refractivity contribution in [3.8, 4) is 0 Å². The van der Waals surface area contributed by atoms with Gasteiger partial charge < -0.3 is 140 Å². The van der Waals surface area contributed by atoms with Crippen LogP contribution in [-0.2, 0) is 66.6 Å². The molecule has 0 aromatic heterocycles. The zero-order chi connectivity index (χ0) is 61.5. The van der Waals surface area contributed by atoms with Crippen LogP contribution in [0.4, 0.5) is 0 Å². The fourth-order valence-electron chi connectivity index (χ4n) is 10.1. The first-order valence-electron chi connectivity index (χ1n) is 26.8. The smallest absolute Gasteiger partial charge is 0.326 e. The lowest BCUT2D eigenvalue weighted by atomic mass is 9.89. The molecule has 0 aromatic rings. The molecule has 476 valence electrons. The van der Waals surface area contributed by atoms with Crippen molar-refractivity contribution in [1.29, 1.82) is 0 Å². The molecule has 0 aliphatic carbocycles. The molecule has 36 heteroatoms. The highest BCUT2D eigenvalue weighted by molar-refractivity contribution is 5.88. The Morgan fingerprint density at radius 1 is 0.614 bits per heavy atom. The average molecular weight is 1210 g/mol. The third-order valence-electron chi connectivity index (χ3n) is 14.6. The van der Waals surface area contributed by atoms with Crippen LogP contribution in [0, 0.1) is 5.92 Å². The predicted molar refractivity (Wildman–Crippen MR) is 266 cm³/mol. The van der Waals surface area contributed by atoms with E-state index in [9.17, 15) is 101 Å². The standard InChI is InChI=1S/C47H79N7O29/c1-18(60)50-29-22(62)10-47(16-59,83-41(29)53-28(64)9-21(42(73)74)52-27(63)7-5-3-4-6-8-49-54-48)17-76-44-30(51-19(2)61)35(69)39(25(14-58)79-44)81-46-38(72)40(82-43-20(11-55)31(65)32(66)23(12-56)77-43)34(68)26(80-46)15-75-45-37(71)36(70)33(67)24(13-57)78-45/h20-26,29-41,43-46,55-59,62,65-72H,3-17H2,1-2H3,(H,50,60)(H,51,61)(H,52,63)(H,53,64)(H,73,74)/t20?,21?,22?,23?,24?,25?,26?,29?,30?,31?,32-,33-,34-,35?,36?,37?,38?,39-,40?,41-,43-,44-,45+,46+,47?/m1/s1. The molecule has 0 saturated carbocycles. The van der Waals surface area contributed by atoms with Crippen molar-refractivity contribution in [2.24, 2.45) is 11.0 Å². The number of aliphatic carboxylic acids is 1. The zero-order valence-corrected chi connectivity index (χ0v) is 45.2. The number of carbonyl (C=O) groups excluding carboxylic acids is 4. The highest BCUT2D eigenvalue weighted by Crippen LogP contribution is 2.36. The molecule has 5 rings (SSSR count). The Hall–Kier alpha value is -4.26. The third kappa shape index (κ3) is 18.2. The van der Waals surface area contributed by atoms with Gasteiger partial charge in [-0.1, -0.05) is 18.0 Å². The van der Waals surface area contributed by atoms with Gasteiger partial charge in [-0.05, 0) is 18.4 Å². The van der Waals surface area contributed by atoms with E-state index in [1.54, 1.807) is 0 Å². The summed E-state index contributed by atoms with van der Waals surface area (Å²) in [5.41, 5.74) is 6.34. The molecule has 5 fully saturated rings. The minimum Gasteiger partial charge on any atom is -0.480 e. The minimum absolute atomic E-state index is 0.0990. The van der Waals surface area contributed by atoms with Gasteiger partial charge in [-0.2, -0.15) is 0 Å². The first-order valence-corrected chi connectivity index (χ1v) is 26.8. The molecule has 25 atom stereocenters. The van der Waals surface area contributed by atoms with Gasteiger partial charge in [0.15, 0.2) is 31.4 Å². The maximum absolute atomic E-state index is 13.5. The zero-order valence-electron chi connectivity index (χ0n) is 45.2. The number of aliphatic hydroxyl groups excluding tert-OH is 14. The Labute approximate surface area is 473 Å². The maximum Gasteiger partial charge on any atom is 0.326 e. The highest BCUT2D eigenvalue weighted by atomic mass is 16.8. The molecule has 16 unspecified atom stereocenters. The Kier molecular flexibility index (Phi) is 27.2. The van der Waals surface area contributed by atoms with Crippen LogP contribution in [0.25, 0.3) is 10.4 Å². The third-order valence-corrected chi connectivity index (χ3v) is 14.6. The van der Waals surface area contributed by atoms with Gasteiger partial charge in [0.05, 0.1) is 76.8 Å². The molecule has 0 radical (unpaired) electrons.